The Kier molecular flexibility index (Phi) is 3.77. The number of carbonyl (C=O) groups is 1. The third kappa shape index (κ3) is 3.51. The van der Waals surface area contributed by atoms with Gasteiger partial charge in [-0.3, -0.25) is 4.79 Å². The van der Waals surface area contributed by atoms with Crippen LogP contribution in [-0.2, 0) is 11.0 Å². The molecule has 6 heteroatoms. The standard InChI is InChI=1S/C11H10F3NO2/c1-17-9-4-3-8(11(12,13)14)6-7(9)2-5-10(15)16/h2-6H,1H3,(H2,15,16)/b5-2+. The van der Waals surface area contributed by atoms with Crippen LogP contribution in [0, 0.1) is 0 Å². The van der Waals surface area contributed by atoms with Gasteiger partial charge >= 0.3 is 6.18 Å². The molecule has 1 amide bonds. The summed E-state index contributed by atoms with van der Waals surface area (Å²) in [6.45, 7) is 0. The van der Waals surface area contributed by atoms with Crippen LogP contribution >= 0.6 is 0 Å². The van der Waals surface area contributed by atoms with E-state index in [1.165, 1.54) is 19.3 Å². The van der Waals surface area contributed by atoms with Crippen LogP contribution in [0.25, 0.3) is 6.08 Å². The van der Waals surface area contributed by atoms with Gasteiger partial charge in [0.1, 0.15) is 5.75 Å². The van der Waals surface area contributed by atoms with E-state index in [9.17, 15) is 18.0 Å². The molecule has 0 aliphatic rings. The first-order valence-corrected chi connectivity index (χ1v) is 4.57. The predicted octanol–water partition coefficient (Wildman–Crippen LogP) is 2.21. The zero-order valence-electron chi connectivity index (χ0n) is 8.91. The minimum absolute atomic E-state index is 0.140. The van der Waals surface area contributed by atoms with Gasteiger partial charge in [0.15, 0.2) is 0 Å². The number of alkyl halides is 3. The Hall–Kier alpha value is -1.98. The van der Waals surface area contributed by atoms with E-state index < -0.39 is 17.6 Å². The molecule has 0 bridgehead atoms. The number of halogens is 3. The summed E-state index contributed by atoms with van der Waals surface area (Å²) in [7, 11) is 1.32. The maximum Gasteiger partial charge on any atom is 0.416 e. The number of benzene rings is 1. The van der Waals surface area contributed by atoms with Crippen molar-refractivity contribution in [1.29, 1.82) is 0 Å². The molecule has 0 aromatic heterocycles. The van der Waals surface area contributed by atoms with Crippen LogP contribution in [0.5, 0.6) is 5.75 Å². The molecule has 2 N–H and O–H groups in total. The number of carbonyl (C=O) groups excluding carboxylic acids is 1. The van der Waals surface area contributed by atoms with Crippen molar-refractivity contribution in [2.75, 3.05) is 7.11 Å². The summed E-state index contributed by atoms with van der Waals surface area (Å²) in [5.41, 5.74) is 4.19. The largest absolute Gasteiger partial charge is 0.496 e. The fraction of sp³-hybridized carbons (Fsp3) is 0.182. The van der Waals surface area contributed by atoms with Gasteiger partial charge in [0, 0.05) is 11.6 Å². The molecular formula is C11H10F3NO2. The zero-order valence-corrected chi connectivity index (χ0v) is 8.91. The Balaban J connectivity index is 3.20. The molecule has 3 nitrogen and oxygen atoms in total. The van der Waals surface area contributed by atoms with Crippen molar-refractivity contribution >= 4 is 12.0 Å². The molecule has 0 heterocycles. The summed E-state index contributed by atoms with van der Waals surface area (Å²) in [5, 5.41) is 0. The van der Waals surface area contributed by atoms with E-state index >= 15 is 0 Å². The number of hydrogen-bond acceptors (Lipinski definition) is 2. The van der Waals surface area contributed by atoms with Gasteiger partial charge in [-0.25, -0.2) is 0 Å². The fourth-order valence-corrected chi connectivity index (χ4v) is 1.21. The molecule has 1 aromatic rings. The topological polar surface area (TPSA) is 52.3 Å². The van der Waals surface area contributed by atoms with E-state index in [1.54, 1.807) is 0 Å². The second-order valence-electron chi connectivity index (χ2n) is 3.19. The van der Waals surface area contributed by atoms with E-state index in [2.05, 4.69) is 0 Å². The van der Waals surface area contributed by atoms with Gasteiger partial charge in [-0.2, -0.15) is 13.2 Å². The molecule has 0 atom stereocenters. The summed E-state index contributed by atoms with van der Waals surface area (Å²) < 4.78 is 42.2. The Morgan fingerprint density at radius 1 is 1.41 bits per heavy atom. The molecule has 0 radical (unpaired) electrons. The first-order chi connectivity index (χ1) is 7.84. The maximum atomic E-state index is 12.4. The molecule has 0 saturated heterocycles. The lowest BCUT2D eigenvalue weighted by Crippen LogP contribution is -2.06. The van der Waals surface area contributed by atoms with Crippen LogP contribution in [0.15, 0.2) is 24.3 Å². The Bertz CT molecular complexity index is 453. The van der Waals surface area contributed by atoms with Gasteiger partial charge in [0.25, 0.3) is 0 Å². The third-order valence-electron chi connectivity index (χ3n) is 1.98. The summed E-state index contributed by atoms with van der Waals surface area (Å²) in [6.07, 6.45) is -2.30. The molecule has 0 saturated carbocycles. The van der Waals surface area contributed by atoms with Gasteiger partial charge in [-0.1, -0.05) is 0 Å². The maximum absolute atomic E-state index is 12.4. The van der Waals surface area contributed by atoms with E-state index in [0.717, 1.165) is 18.2 Å². The van der Waals surface area contributed by atoms with Crippen LogP contribution in [0.2, 0.25) is 0 Å². The predicted molar refractivity (Wildman–Crippen MR) is 56.2 cm³/mol. The molecule has 0 aliphatic carbocycles. The average Bonchev–Trinajstić information content (AvgIpc) is 2.24. The quantitative estimate of drug-likeness (QED) is 0.830. The second kappa shape index (κ2) is 4.90. The number of methoxy groups -OCH3 is 1. The summed E-state index contributed by atoms with van der Waals surface area (Å²) >= 11 is 0. The number of ether oxygens (including phenoxy) is 1. The van der Waals surface area contributed by atoms with Crippen molar-refractivity contribution < 1.29 is 22.7 Å². The average molecular weight is 245 g/mol. The summed E-state index contributed by atoms with van der Waals surface area (Å²) in [4.78, 5) is 10.5. The minimum Gasteiger partial charge on any atom is -0.496 e. The molecule has 1 aromatic carbocycles. The van der Waals surface area contributed by atoms with E-state index in [4.69, 9.17) is 10.5 Å². The SMILES string of the molecule is COc1ccc(C(F)(F)F)cc1/C=C/C(N)=O. The molecule has 1 rings (SSSR count). The summed E-state index contributed by atoms with van der Waals surface area (Å²) in [5.74, 6) is -0.514. The van der Waals surface area contributed by atoms with Crippen molar-refractivity contribution in [2.24, 2.45) is 5.73 Å². The van der Waals surface area contributed by atoms with Crippen LogP contribution in [0.1, 0.15) is 11.1 Å². The lowest BCUT2D eigenvalue weighted by molar-refractivity contribution is -0.137. The summed E-state index contributed by atoms with van der Waals surface area (Å²) in [6, 6.07) is 2.97. The van der Waals surface area contributed by atoms with Crippen molar-refractivity contribution in [3.8, 4) is 5.75 Å². The van der Waals surface area contributed by atoms with Gasteiger partial charge in [-0.05, 0) is 24.3 Å². The van der Waals surface area contributed by atoms with Crippen LogP contribution < -0.4 is 10.5 Å². The van der Waals surface area contributed by atoms with Gasteiger partial charge in [0.2, 0.25) is 5.91 Å². The number of amides is 1. The zero-order chi connectivity index (χ0) is 13.1. The van der Waals surface area contributed by atoms with E-state index in [-0.39, 0.29) is 11.3 Å². The Morgan fingerprint density at radius 2 is 2.06 bits per heavy atom. The first-order valence-electron chi connectivity index (χ1n) is 4.57. The first kappa shape index (κ1) is 13.1. The smallest absolute Gasteiger partial charge is 0.416 e. The highest BCUT2D eigenvalue weighted by Crippen LogP contribution is 2.32. The normalized spacial score (nSPS) is 11.8. The van der Waals surface area contributed by atoms with Crippen molar-refractivity contribution in [2.45, 2.75) is 6.18 Å². The lowest BCUT2D eigenvalue weighted by atomic mass is 10.1. The number of rotatable bonds is 3. The fourth-order valence-electron chi connectivity index (χ4n) is 1.21. The molecule has 0 spiro atoms. The van der Waals surface area contributed by atoms with Crippen LogP contribution in [0.3, 0.4) is 0 Å². The van der Waals surface area contributed by atoms with Crippen molar-refractivity contribution in [1.82, 2.24) is 0 Å². The van der Waals surface area contributed by atoms with Crippen LogP contribution in [-0.4, -0.2) is 13.0 Å². The van der Waals surface area contributed by atoms with E-state index in [0.29, 0.717) is 0 Å². The lowest BCUT2D eigenvalue weighted by Gasteiger charge is -2.10. The highest BCUT2D eigenvalue weighted by molar-refractivity contribution is 5.90. The minimum atomic E-state index is -4.44. The van der Waals surface area contributed by atoms with E-state index in [1.807, 2.05) is 0 Å². The molecule has 92 valence electrons. The second-order valence-corrected chi connectivity index (χ2v) is 3.19. The van der Waals surface area contributed by atoms with Crippen molar-refractivity contribution in [3.63, 3.8) is 0 Å². The molecule has 0 aliphatic heterocycles. The number of hydrogen-bond donors (Lipinski definition) is 1. The van der Waals surface area contributed by atoms with Gasteiger partial charge < -0.3 is 10.5 Å². The molecule has 0 unspecified atom stereocenters. The van der Waals surface area contributed by atoms with Gasteiger partial charge in [-0.15, -0.1) is 0 Å². The molecular weight excluding hydrogens is 235 g/mol. The highest BCUT2D eigenvalue weighted by atomic mass is 19.4. The number of primary amides is 1. The van der Waals surface area contributed by atoms with Crippen LogP contribution in [0.4, 0.5) is 13.2 Å². The Morgan fingerprint density at radius 3 is 2.53 bits per heavy atom. The number of nitrogens with two attached hydrogens (primary N) is 1. The molecule has 0 fully saturated rings. The molecule has 17 heavy (non-hydrogen) atoms. The third-order valence-corrected chi connectivity index (χ3v) is 1.98. The monoisotopic (exact) mass is 245 g/mol. The van der Waals surface area contributed by atoms with Crippen molar-refractivity contribution in [3.05, 3.63) is 35.4 Å². The van der Waals surface area contributed by atoms with Gasteiger partial charge in [0.05, 0.1) is 12.7 Å². The Labute approximate surface area is 95.7 Å². The highest BCUT2D eigenvalue weighted by Gasteiger charge is 2.30.